The molecule has 0 radical (unpaired) electrons. The SMILES string of the molecule is Cc1cc(NC(=O)c2cc(C)on2)n(C)n1. The maximum Gasteiger partial charge on any atom is 0.278 e. The lowest BCUT2D eigenvalue weighted by molar-refractivity contribution is 0.101. The van der Waals surface area contributed by atoms with Crippen molar-refractivity contribution in [1.29, 1.82) is 0 Å². The van der Waals surface area contributed by atoms with E-state index in [0.29, 0.717) is 11.6 Å². The molecule has 0 bridgehead atoms. The van der Waals surface area contributed by atoms with Crippen LogP contribution in [0, 0.1) is 13.8 Å². The number of amides is 1. The number of carbonyl (C=O) groups excluding carboxylic acids is 1. The maximum absolute atomic E-state index is 11.7. The molecule has 0 fully saturated rings. The van der Waals surface area contributed by atoms with E-state index in [1.54, 1.807) is 30.8 Å². The Morgan fingerprint density at radius 3 is 2.69 bits per heavy atom. The summed E-state index contributed by atoms with van der Waals surface area (Å²) in [4.78, 5) is 11.7. The fraction of sp³-hybridized carbons (Fsp3) is 0.300. The number of hydrogen-bond acceptors (Lipinski definition) is 4. The van der Waals surface area contributed by atoms with Gasteiger partial charge in [0.25, 0.3) is 5.91 Å². The lowest BCUT2D eigenvalue weighted by atomic mass is 10.3. The molecule has 6 nitrogen and oxygen atoms in total. The van der Waals surface area contributed by atoms with E-state index in [-0.39, 0.29) is 11.6 Å². The van der Waals surface area contributed by atoms with E-state index < -0.39 is 0 Å². The fourth-order valence-corrected chi connectivity index (χ4v) is 1.38. The minimum absolute atomic E-state index is 0.261. The topological polar surface area (TPSA) is 73.0 Å². The number of aromatic nitrogens is 3. The van der Waals surface area contributed by atoms with Gasteiger partial charge in [-0.1, -0.05) is 5.16 Å². The Morgan fingerprint density at radius 1 is 1.44 bits per heavy atom. The minimum Gasteiger partial charge on any atom is -0.361 e. The molecule has 0 spiro atoms. The van der Waals surface area contributed by atoms with E-state index >= 15 is 0 Å². The second-order valence-corrected chi connectivity index (χ2v) is 3.57. The largest absolute Gasteiger partial charge is 0.361 e. The Morgan fingerprint density at radius 2 is 2.19 bits per heavy atom. The summed E-state index contributed by atoms with van der Waals surface area (Å²) in [5, 5.41) is 10.5. The van der Waals surface area contributed by atoms with Crippen LogP contribution in [0.2, 0.25) is 0 Å². The van der Waals surface area contributed by atoms with E-state index in [4.69, 9.17) is 4.52 Å². The zero-order chi connectivity index (χ0) is 11.7. The standard InChI is InChI=1S/C10H12N4O2/c1-6-4-9(14(3)12-6)11-10(15)8-5-7(2)16-13-8/h4-5H,1-3H3,(H,11,15). The molecule has 2 aromatic heterocycles. The Balaban J connectivity index is 2.16. The van der Waals surface area contributed by atoms with Gasteiger partial charge in [-0.3, -0.25) is 9.48 Å². The number of aryl methyl sites for hydroxylation is 3. The van der Waals surface area contributed by atoms with Gasteiger partial charge in [0.1, 0.15) is 11.6 Å². The zero-order valence-corrected chi connectivity index (χ0v) is 9.31. The van der Waals surface area contributed by atoms with Crippen LogP contribution in [-0.4, -0.2) is 20.8 Å². The van der Waals surface area contributed by atoms with Crippen molar-refractivity contribution in [2.24, 2.45) is 7.05 Å². The third-order valence-corrected chi connectivity index (χ3v) is 2.10. The first-order valence-corrected chi connectivity index (χ1v) is 4.81. The van der Waals surface area contributed by atoms with Crippen LogP contribution in [0.4, 0.5) is 5.82 Å². The number of rotatable bonds is 2. The van der Waals surface area contributed by atoms with Crippen molar-refractivity contribution >= 4 is 11.7 Å². The Kier molecular flexibility index (Phi) is 2.47. The summed E-state index contributed by atoms with van der Waals surface area (Å²) in [7, 11) is 1.76. The lowest BCUT2D eigenvalue weighted by Crippen LogP contribution is -2.14. The summed E-state index contributed by atoms with van der Waals surface area (Å²) in [5.41, 5.74) is 1.10. The first-order chi connectivity index (χ1) is 7.56. The van der Waals surface area contributed by atoms with E-state index in [9.17, 15) is 4.79 Å². The summed E-state index contributed by atoms with van der Waals surface area (Å²) >= 11 is 0. The quantitative estimate of drug-likeness (QED) is 0.827. The fourth-order valence-electron chi connectivity index (χ4n) is 1.38. The van der Waals surface area contributed by atoms with Crippen LogP contribution in [0.5, 0.6) is 0 Å². The second-order valence-electron chi connectivity index (χ2n) is 3.57. The van der Waals surface area contributed by atoms with Gasteiger partial charge in [0.15, 0.2) is 5.69 Å². The molecule has 0 saturated heterocycles. The molecule has 0 saturated carbocycles. The van der Waals surface area contributed by atoms with Crippen molar-refractivity contribution in [3.8, 4) is 0 Å². The van der Waals surface area contributed by atoms with Crippen LogP contribution in [0.15, 0.2) is 16.7 Å². The third-order valence-electron chi connectivity index (χ3n) is 2.10. The van der Waals surface area contributed by atoms with Crippen LogP contribution in [0.1, 0.15) is 21.9 Å². The minimum atomic E-state index is -0.306. The van der Waals surface area contributed by atoms with Crippen molar-refractivity contribution < 1.29 is 9.32 Å². The smallest absolute Gasteiger partial charge is 0.278 e. The molecule has 0 aliphatic heterocycles. The van der Waals surface area contributed by atoms with Crippen LogP contribution in [0.3, 0.4) is 0 Å². The highest BCUT2D eigenvalue weighted by atomic mass is 16.5. The first-order valence-electron chi connectivity index (χ1n) is 4.81. The average molecular weight is 220 g/mol. The van der Waals surface area contributed by atoms with E-state index in [1.807, 2.05) is 6.92 Å². The van der Waals surface area contributed by atoms with Gasteiger partial charge in [-0.05, 0) is 13.8 Å². The van der Waals surface area contributed by atoms with Crippen molar-refractivity contribution in [2.45, 2.75) is 13.8 Å². The van der Waals surface area contributed by atoms with Gasteiger partial charge in [0.2, 0.25) is 0 Å². The highest BCUT2D eigenvalue weighted by Crippen LogP contribution is 2.10. The second kappa shape index (κ2) is 3.80. The highest BCUT2D eigenvalue weighted by molar-refractivity contribution is 6.02. The van der Waals surface area contributed by atoms with Crippen molar-refractivity contribution in [3.63, 3.8) is 0 Å². The molecular formula is C10H12N4O2. The molecule has 2 heterocycles. The van der Waals surface area contributed by atoms with Gasteiger partial charge < -0.3 is 9.84 Å². The van der Waals surface area contributed by atoms with Crippen LogP contribution in [-0.2, 0) is 7.05 Å². The molecule has 1 N–H and O–H groups in total. The lowest BCUT2D eigenvalue weighted by Gasteiger charge is -2.01. The Labute approximate surface area is 92.2 Å². The average Bonchev–Trinajstić information content (AvgIpc) is 2.74. The predicted molar refractivity (Wildman–Crippen MR) is 57.1 cm³/mol. The highest BCUT2D eigenvalue weighted by Gasteiger charge is 2.13. The molecule has 0 aliphatic rings. The van der Waals surface area contributed by atoms with E-state index in [2.05, 4.69) is 15.6 Å². The molecular weight excluding hydrogens is 208 g/mol. The molecule has 84 valence electrons. The monoisotopic (exact) mass is 220 g/mol. The van der Waals surface area contributed by atoms with Crippen LogP contribution >= 0.6 is 0 Å². The molecule has 1 amide bonds. The third kappa shape index (κ3) is 1.95. The predicted octanol–water partition coefficient (Wildman–Crippen LogP) is 1.28. The Bertz CT molecular complexity index is 527. The summed E-state index contributed by atoms with van der Waals surface area (Å²) in [5.74, 6) is 0.925. The molecule has 0 aromatic carbocycles. The molecule has 0 unspecified atom stereocenters. The summed E-state index contributed by atoms with van der Waals surface area (Å²) in [6, 6.07) is 3.36. The van der Waals surface area contributed by atoms with E-state index in [1.165, 1.54) is 0 Å². The molecule has 0 atom stereocenters. The number of hydrogen-bond donors (Lipinski definition) is 1. The Hall–Kier alpha value is -2.11. The molecule has 2 aromatic rings. The van der Waals surface area contributed by atoms with Gasteiger partial charge in [-0.15, -0.1) is 0 Å². The first kappa shape index (κ1) is 10.4. The summed E-state index contributed by atoms with van der Waals surface area (Å²) < 4.78 is 6.42. The van der Waals surface area contributed by atoms with Crippen molar-refractivity contribution in [3.05, 3.63) is 29.3 Å². The van der Waals surface area contributed by atoms with Gasteiger partial charge in [0, 0.05) is 19.2 Å². The summed E-state index contributed by atoms with van der Waals surface area (Å²) in [6.45, 7) is 3.59. The molecule has 6 heteroatoms. The zero-order valence-electron chi connectivity index (χ0n) is 9.31. The summed E-state index contributed by atoms with van der Waals surface area (Å²) in [6.07, 6.45) is 0. The van der Waals surface area contributed by atoms with Crippen molar-refractivity contribution in [2.75, 3.05) is 5.32 Å². The molecule has 2 rings (SSSR count). The van der Waals surface area contributed by atoms with Gasteiger partial charge in [0.05, 0.1) is 5.69 Å². The number of nitrogens with one attached hydrogen (secondary N) is 1. The molecule has 16 heavy (non-hydrogen) atoms. The number of carbonyl (C=O) groups is 1. The van der Waals surface area contributed by atoms with Gasteiger partial charge >= 0.3 is 0 Å². The number of anilines is 1. The number of nitrogens with zero attached hydrogens (tertiary/aromatic N) is 3. The van der Waals surface area contributed by atoms with Gasteiger partial charge in [-0.25, -0.2) is 0 Å². The van der Waals surface area contributed by atoms with E-state index in [0.717, 1.165) is 5.69 Å². The van der Waals surface area contributed by atoms with Crippen molar-refractivity contribution in [1.82, 2.24) is 14.9 Å². The maximum atomic E-state index is 11.7. The van der Waals surface area contributed by atoms with Crippen LogP contribution < -0.4 is 5.32 Å². The molecule has 0 aliphatic carbocycles. The normalized spacial score (nSPS) is 10.4. The van der Waals surface area contributed by atoms with Gasteiger partial charge in [-0.2, -0.15) is 5.10 Å². The van der Waals surface area contributed by atoms with Crippen LogP contribution in [0.25, 0.3) is 0 Å².